The summed E-state index contributed by atoms with van der Waals surface area (Å²) >= 11 is 0. The molecular weight excluding hydrogens is 444 g/mol. The molecule has 0 heterocycles. The van der Waals surface area contributed by atoms with Crippen LogP contribution < -0.4 is 5.32 Å². The van der Waals surface area contributed by atoms with Crippen LogP contribution >= 0.6 is 0 Å². The molecule has 188 valence electrons. The molecule has 0 saturated carbocycles. The highest BCUT2D eigenvalue weighted by molar-refractivity contribution is 5.81. The number of nitrogens with zero attached hydrogens (tertiary/aromatic N) is 1. The van der Waals surface area contributed by atoms with Gasteiger partial charge in [-0.05, 0) is 54.4 Å². The molecule has 0 fully saturated rings. The van der Waals surface area contributed by atoms with Crippen molar-refractivity contribution in [3.8, 4) is 11.1 Å². The second kappa shape index (κ2) is 11.4. The number of carboxylic acids is 1. The Balaban J connectivity index is 1.45. The van der Waals surface area contributed by atoms with Crippen molar-refractivity contribution in [3.05, 3.63) is 59.7 Å². The van der Waals surface area contributed by atoms with Crippen LogP contribution in [-0.2, 0) is 14.3 Å². The summed E-state index contributed by atoms with van der Waals surface area (Å²) in [6, 6.07) is 16.3. The van der Waals surface area contributed by atoms with E-state index in [1.54, 1.807) is 0 Å². The molecule has 0 bridgehead atoms. The molecule has 0 aliphatic heterocycles. The van der Waals surface area contributed by atoms with E-state index in [0.717, 1.165) is 0 Å². The summed E-state index contributed by atoms with van der Waals surface area (Å²) in [7, 11) is 0. The number of aliphatic carboxylic acids is 1. The molecule has 2 amide bonds. The normalized spacial score (nSPS) is 12.7. The first kappa shape index (κ1) is 26.3. The van der Waals surface area contributed by atoms with Gasteiger partial charge in [0.15, 0.2) is 0 Å². The van der Waals surface area contributed by atoms with Crippen LogP contribution in [0.4, 0.5) is 4.79 Å². The van der Waals surface area contributed by atoms with Crippen LogP contribution in [0.2, 0.25) is 0 Å². The summed E-state index contributed by atoms with van der Waals surface area (Å²) in [4.78, 5) is 37.3. The maximum Gasteiger partial charge on any atom is 0.407 e. The Morgan fingerprint density at radius 1 is 1.00 bits per heavy atom. The number of rotatable bonds is 11. The molecule has 3 rings (SSSR count). The Hall–Kier alpha value is -3.35. The van der Waals surface area contributed by atoms with Gasteiger partial charge in [-0.1, -0.05) is 62.4 Å². The summed E-state index contributed by atoms with van der Waals surface area (Å²) in [5.41, 5.74) is 4.52. The van der Waals surface area contributed by atoms with E-state index < -0.39 is 12.1 Å². The highest BCUT2D eigenvalue weighted by Crippen LogP contribution is 2.44. The van der Waals surface area contributed by atoms with Crippen LogP contribution in [0.25, 0.3) is 11.1 Å². The molecule has 0 aromatic heterocycles. The molecule has 0 atom stereocenters. The molecule has 0 saturated heterocycles. The third-order valence-electron chi connectivity index (χ3n) is 6.68. The number of carboxylic acid groups (broad SMARTS) is 1. The number of amides is 2. The van der Waals surface area contributed by atoms with Crippen LogP contribution in [-0.4, -0.2) is 53.7 Å². The first-order chi connectivity index (χ1) is 16.6. The van der Waals surface area contributed by atoms with Gasteiger partial charge in [-0.25, -0.2) is 4.79 Å². The summed E-state index contributed by atoms with van der Waals surface area (Å²) in [6.07, 6.45) is 1.08. The highest BCUT2D eigenvalue weighted by atomic mass is 16.5. The third-order valence-corrected chi connectivity index (χ3v) is 6.68. The van der Waals surface area contributed by atoms with Crippen molar-refractivity contribution in [2.24, 2.45) is 5.41 Å². The van der Waals surface area contributed by atoms with Crippen LogP contribution in [0.5, 0.6) is 0 Å². The lowest BCUT2D eigenvalue weighted by Gasteiger charge is -2.28. The second-order valence-corrected chi connectivity index (χ2v) is 10.2. The van der Waals surface area contributed by atoms with Gasteiger partial charge in [-0.3, -0.25) is 9.59 Å². The SMILES string of the molecule is CC(C)N(CC(=O)O)C(=O)CCC(C)(C)CCNC(=O)OCC1c2ccccc2-c2ccccc21. The number of nitrogens with one attached hydrogen (secondary N) is 1. The van der Waals surface area contributed by atoms with E-state index in [1.165, 1.54) is 27.2 Å². The number of alkyl carbamates (subject to hydrolysis) is 1. The zero-order chi connectivity index (χ0) is 25.6. The number of ether oxygens (including phenoxy) is 1. The lowest BCUT2D eigenvalue weighted by Crippen LogP contribution is -2.41. The average molecular weight is 481 g/mol. The van der Waals surface area contributed by atoms with E-state index in [9.17, 15) is 14.4 Å². The number of benzene rings is 2. The van der Waals surface area contributed by atoms with Gasteiger partial charge < -0.3 is 20.1 Å². The molecule has 2 aromatic rings. The van der Waals surface area contributed by atoms with Crippen molar-refractivity contribution in [1.82, 2.24) is 10.2 Å². The monoisotopic (exact) mass is 480 g/mol. The fraction of sp³-hybridized carbons (Fsp3) is 0.464. The minimum absolute atomic E-state index is 0.0188. The van der Waals surface area contributed by atoms with Gasteiger partial charge in [0.2, 0.25) is 5.91 Å². The van der Waals surface area contributed by atoms with Crippen LogP contribution in [0.15, 0.2) is 48.5 Å². The number of hydrogen-bond acceptors (Lipinski definition) is 4. The molecule has 0 spiro atoms. The van der Waals surface area contributed by atoms with Crippen LogP contribution in [0.1, 0.15) is 64.0 Å². The molecule has 1 aliphatic carbocycles. The smallest absolute Gasteiger partial charge is 0.407 e. The third kappa shape index (κ3) is 6.84. The van der Waals surface area contributed by atoms with Crippen molar-refractivity contribution in [2.75, 3.05) is 19.7 Å². The molecule has 7 heteroatoms. The van der Waals surface area contributed by atoms with Gasteiger partial charge in [-0.15, -0.1) is 0 Å². The molecule has 35 heavy (non-hydrogen) atoms. The van der Waals surface area contributed by atoms with Gasteiger partial charge >= 0.3 is 12.1 Å². The Morgan fingerprint density at radius 3 is 2.11 bits per heavy atom. The number of hydrogen-bond donors (Lipinski definition) is 2. The topological polar surface area (TPSA) is 95.9 Å². The van der Waals surface area contributed by atoms with Gasteiger partial charge in [0.05, 0.1) is 0 Å². The Labute approximate surface area is 207 Å². The summed E-state index contributed by atoms with van der Waals surface area (Å²) < 4.78 is 5.58. The highest BCUT2D eigenvalue weighted by Gasteiger charge is 2.29. The van der Waals surface area contributed by atoms with E-state index in [1.807, 2.05) is 52.0 Å². The summed E-state index contributed by atoms with van der Waals surface area (Å²) in [5, 5.41) is 11.9. The van der Waals surface area contributed by atoms with Crippen molar-refractivity contribution in [1.29, 1.82) is 0 Å². The standard InChI is InChI=1S/C28H36N2O5/c1-19(2)30(17-26(32)33)25(31)13-14-28(3,4)15-16-29-27(34)35-18-24-22-11-7-5-9-20(22)21-10-6-8-12-23(21)24/h5-12,19,24H,13-18H2,1-4H3,(H,29,34)(H,32,33). The summed E-state index contributed by atoms with van der Waals surface area (Å²) in [5.74, 6) is -1.16. The average Bonchev–Trinajstić information content (AvgIpc) is 3.13. The maximum atomic E-state index is 12.5. The lowest BCUT2D eigenvalue weighted by atomic mass is 9.84. The molecule has 2 N–H and O–H groups in total. The van der Waals surface area contributed by atoms with Crippen molar-refractivity contribution >= 4 is 18.0 Å². The molecule has 0 unspecified atom stereocenters. The van der Waals surface area contributed by atoms with E-state index in [0.29, 0.717) is 19.4 Å². The zero-order valence-corrected chi connectivity index (χ0v) is 21.0. The van der Waals surface area contributed by atoms with Gasteiger partial charge in [0.25, 0.3) is 0 Å². The molecule has 2 aromatic carbocycles. The lowest BCUT2D eigenvalue weighted by molar-refractivity contribution is -0.146. The first-order valence-corrected chi connectivity index (χ1v) is 12.2. The number of carbonyl (C=O) groups is 3. The minimum Gasteiger partial charge on any atom is -0.480 e. The van der Waals surface area contributed by atoms with E-state index in [-0.39, 0.29) is 42.9 Å². The minimum atomic E-state index is -1.02. The molecular formula is C28H36N2O5. The van der Waals surface area contributed by atoms with Crippen molar-refractivity contribution in [3.63, 3.8) is 0 Å². The van der Waals surface area contributed by atoms with Crippen molar-refractivity contribution < 1.29 is 24.2 Å². The van der Waals surface area contributed by atoms with Gasteiger partial charge in [-0.2, -0.15) is 0 Å². The predicted molar refractivity (Wildman–Crippen MR) is 135 cm³/mol. The quantitative estimate of drug-likeness (QED) is 0.470. The maximum absolute atomic E-state index is 12.5. The summed E-state index contributed by atoms with van der Waals surface area (Å²) in [6.45, 7) is 8.11. The van der Waals surface area contributed by atoms with Crippen molar-refractivity contribution in [2.45, 2.75) is 58.9 Å². The second-order valence-electron chi connectivity index (χ2n) is 10.2. The van der Waals surface area contributed by atoms with E-state index in [2.05, 4.69) is 29.6 Å². The first-order valence-electron chi connectivity index (χ1n) is 12.2. The zero-order valence-electron chi connectivity index (χ0n) is 21.0. The van der Waals surface area contributed by atoms with E-state index in [4.69, 9.17) is 9.84 Å². The largest absolute Gasteiger partial charge is 0.480 e. The number of carbonyl (C=O) groups excluding carboxylic acids is 2. The van der Waals surface area contributed by atoms with Crippen LogP contribution in [0, 0.1) is 5.41 Å². The Bertz CT molecular complexity index is 1020. The van der Waals surface area contributed by atoms with Gasteiger partial charge in [0.1, 0.15) is 13.2 Å². The fourth-order valence-electron chi connectivity index (χ4n) is 4.57. The molecule has 0 radical (unpaired) electrons. The Morgan fingerprint density at radius 2 is 1.57 bits per heavy atom. The fourth-order valence-corrected chi connectivity index (χ4v) is 4.57. The molecule has 1 aliphatic rings. The molecule has 7 nitrogen and oxygen atoms in total. The van der Waals surface area contributed by atoms with Gasteiger partial charge in [0, 0.05) is 24.9 Å². The van der Waals surface area contributed by atoms with E-state index >= 15 is 0 Å². The number of fused-ring (bicyclic) bond motifs is 3. The Kier molecular flexibility index (Phi) is 8.54. The predicted octanol–water partition coefficient (Wildman–Crippen LogP) is 5.04. The van der Waals surface area contributed by atoms with Crippen LogP contribution in [0.3, 0.4) is 0 Å².